The number of thioether (sulfide) groups is 1. The smallest absolute Gasteiger partial charge is 0.335 e. The lowest BCUT2D eigenvalue weighted by atomic mass is 10.1. The van der Waals surface area contributed by atoms with Gasteiger partial charge in [0.05, 0.1) is 16.2 Å². The van der Waals surface area contributed by atoms with Crippen molar-refractivity contribution < 1.29 is 14.7 Å². The van der Waals surface area contributed by atoms with Crippen molar-refractivity contribution >= 4 is 40.6 Å². The molecule has 0 unspecified atom stereocenters. The molecule has 0 radical (unpaired) electrons. The highest BCUT2D eigenvalue weighted by molar-refractivity contribution is 8.18. The number of benzene rings is 2. The Morgan fingerprint density at radius 2 is 1.81 bits per heavy atom. The monoisotopic (exact) mass is 366 g/mol. The normalized spacial score (nSPS) is 17.3. The molecule has 6 heteroatoms. The molecule has 0 spiro atoms. The molecule has 0 aromatic heterocycles. The summed E-state index contributed by atoms with van der Waals surface area (Å²) in [5.41, 5.74) is 3.03. The second-order valence-corrected chi connectivity index (χ2v) is 6.83. The third-order valence-electron chi connectivity index (χ3n) is 4.03. The molecule has 132 valence electrons. The molecule has 1 fully saturated rings. The number of carboxylic acid groups (broad SMARTS) is 1. The second kappa shape index (κ2) is 7.58. The molecule has 2 aromatic rings. The lowest BCUT2D eigenvalue weighted by Gasteiger charge is -2.07. The number of aryl methyl sites for hydroxylation is 1. The van der Waals surface area contributed by atoms with E-state index in [0.717, 1.165) is 17.7 Å². The van der Waals surface area contributed by atoms with Crippen LogP contribution in [0.1, 0.15) is 28.4 Å². The summed E-state index contributed by atoms with van der Waals surface area (Å²) < 4.78 is 0. The van der Waals surface area contributed by atoms with Crippen LogP contribution in [-0.2, 0) is 11.2 Å². The van der Waals surface area contributed by atoms with E-state index >= 15 is 0 Å². The molecular formula is C20H18N2O3S. The maximum atomic E-state index is 12.4. The van der Waals surface area contributed by atoms with Crippen LogP contribution in [-0.4, -0.2) is 34.1 Å². The van der Waals surface area contributed by atoms with Gasteiger partial charge in [-0.15, -0.1) is 0 Å². The number of carbonyl (C=O) groups is 2. The highest BCUT2D eigenvalue weighted by atomic mass is 32.2. The van der Waals surface area contributed by atoms with Crippen LogP contribution in [0.3, 0.4) is 0 Å². The first kappa shape index (κ1) is 17.9. The zero-order chi connectivity index (χ0) is 18.7. The van der Waals surface area contributed by atoms with E-state index in [1.165, 1.54) is 34.4 Å². The number of amides is 1. The molecule has 1 aliphatic heterocycles. The second-order valence-electron chi connectivity index (χ2n) is 5.82. The van der Waals surface area contributed by atoms with Gasteiger partial charge in [0.15, 0.2) is 5.17 Å². The van der Waals surface area contributed by atoms with Crippen LogP contribution < -0.4 is 0 Å². The molecule has 1 aliphatic rings. The molecule has 0 bridgehead atoms. The first-order valence-electron chi connectivity index (χ1n) is 8.16. The van der Waals surface area contributed by atoms with Crippen molar-refractivity contribution in [2.75, 3.05) is 7.05 Å². The Morgan fingerprint density at radius 3 is 2.38 bits per heavy atom. The van der Waals surface area contributed by atoms with E-state index in [0.29, 0.717) is 10.1 Å². The van der Waals surface area contributed by atoms with Crippen molar-refractivity contribution in [3.05, 3.63) is 70.1 Å². The van der Waals surface area contributed by atoms with Crippen LogP contribution in [0.5, 0.6) is 0 Å². The number of likely N-dealkylation sites (N-methyl/N-ethyl adjacent to an activating group) is 1. The van der Waals surface area contributed by atoms with Crippen LogP contribution in [0.4, 0.5) is 5.69 Å². The number of hydrogen-bond donors (Lipinski definition) is 1. The van der Waals surface area contributed by atoms with E-state index in [1.807, 2.05) is 24.3 Å². The maximum absolute atomic E-state index is 12.4. The zero-order valence-electron chi connectivity index (χ0n) is 14.5. The van der Waals surface area contributed by atoms with Gasteiger partial charge in [-0.25, -0.2) is 9.79 Å². The standard InChI is InChI=1S/C20H18N2O3S/c1-3-13-6-10-16(11-7-13)21-20-22(2)18(23)17(26-20)12-14-4-8-15(9-5-14)19(24)25/h4-12H,3H2,1-2H3,(H,24,25). The predicted molar refractivity (Wildman–Crippen MR) is 105 cm³/mol. The average molecular weight is 366 g/mol. The summed E-state index contributed by atoms with van der Waals surface area (Å²) in [7, 11) is 1.70. The minimum absolute atomic E-state index is 0.124. The van der Waals surface area contributed by atoms with Gasteiger partial charge < -0.3 is 5.11 Å². The maximum Gasteiger partial charge on any atom is 0.335 e. The van der Waals surface area contributed by atoms with Gasteiger partial charge in [0.25, 0.3) is 5.91 Å². The van der Waals surface area contributed by atoms with Gasteiger partial charge in [0.1, 0.15) is 0 Å². The van der Waals surface area contributed by atoms with Crippen LogP contribution in [0.2, 0.25) is 0 Å². The minimum Gasteiger partial charge on any atom is -0.478 e. The molecule has 3 rings (SSSR count). The van der Waals surface area contributed by atoms with Crippen molar-refractivity contribution in [3.63, 3.8) is 0 Å². The Morgan fingerprint density at radius 1 is 1.15 bits per heavy atom. The first-order valence-corrected chi connectivity index (χ1v) is 8.98. The van der Waals surface area contributed by atoms with E-state index in [2.05, 4.69) is 11.9 Å². The molecule has 1 heterocycles. The van der Waals surface area contributed by atoms with Crippen molar-refractivity contribution in [1.29, 1.82) is 0 Å². The molecule has 0 aliphatic carbocycles. The van der Waals surface area contributed by atoms with E-state index in [-0.39, 0.29) is 11.5 Å². The summed E-state index contributed by atoms with van der Waals surface area (Å²) in [4.78, 5) is 30.0. The largest absolute Gasteiger partial charge is 0.478 e. The van der Waals surface area contributed by atoms with Gasteiger partial charge in [-0.2, -0.15) is 0 Å². The van der Waals surface area contributed by atoms with E-state index in [9.17, 15) is 9.59 Å². The molecule has 0 saturated carbocycles. The van der Waals surface area contributed by atoms with Gasteiger partial charge in [-0.1, -0.05) is 31.2 Å². The third-order valence-corrected chi connectivity index (χ3v) is 5.09. The van der Waals surface area contributed by atoms with Crippen molar-refractivity contribution in [2.45, 2.75) is 13.3 Å². The molecule has 1 N–H and O–H groups in total. The predicted octanol–water partition coefficient (Wildman–Crippen LogP) is 4.18. The summed E-state index contributed by atoms with van der Waals surface area (Å²) in [6.45, 7) is 2.10. The Labute approximate surface area is 156 Å². The summed E-state index contributed by atoms with van der Waals surface area (Å²) in [6.07, 6.45) is 2.72. The Hall–Kier alpha value is -2.86. The number of hydrogen-bond acceptors (Lipinski definition) is 4. The molecule has 0 atom stereocenters. The van der Waals surface area contributed by atoms with Crippen LogP contribution >= 0.6 is 11.8 Å². The van der Waals surface area contributed by atoms with Gasteiger partial charge in [-0.05, 0) is 59.7 Å². The van der Waals surface area contributed by atoms with Crippen molar-refractivity contribution in [3.8, 4) is 0 Å². The quantitative estimate of drug-likeness (QED) is 0.824. The fraction of sp³-hybridized carbons (Fsp3) is 0.150. The number of aromatic carboxylic acids is 1. The summed E-state index contributed by atoms with van der Waals surface area (Å²) in [6, 6.07) is 14.3. The van der Waals surface area contributed by atoms with Gasteiger partial charge in [0.2, 0.25) is 0 Å². The van der Waals surface area contributed by atoms with Gasteiger partial charge in [-0.3, -0.25) is 9.69 Å². The van der Waals surface area contributed by atoms with Crippen molar-refractivity contribution in [1.82, 2.24) is 4.90 Å². The van der Waals surface area contributed by atoms with E-state index < -0.39 is 5.97 Å². The topological polar surface area (TPSA) is 70.0 Å². The van der Waals surface area contributed by atoms with Gasteiger partial charge >= 0.3 is 5.97 Å². The fourth-order valence-electron chi connectivity index (χ4n) is 2.44. The number of aliphatic imine (C=N–C) groups is 1. The summed E-state index contributed by atoms with van der Waals surface area (Å²) in [5, 5.41) is 9.57. The molecular weight excluding hydrogens is 348 g/mol. The number of amidine groups is 1. The van der Waals surface area contributed by atoms with Crippen molar-refractivity contribution in [2.24, 2.45) is 4.99 Å². The Balaban J connectivity index is 1.83. The number of carbonyl (C=O) groups excluding carboxylic acids is 1. The van der Waals surface area contributed by atoms with Crippen LogP contribution in [0, 0.1) is 0 Å². The van der Waals surface area contributed by atoms with E-state index in [4.69, 9.17) is 5.11 Å². The Bertz CT molecular complexity index is 900. The molecule has 5 nitrogen and oxygen atoms in total. The lowest BCUT2D eigenvalue weighted by Crippen LogP contribution is -2.23. The molecule has 1 saturated heterocycles. The molecule has 1 amide bonds. The van der Waals surface area contributed by atoms with Crippen LogP contribution in [0.25, 0.3) is 6.08 Å². The Kier molecular flexibility index (Phi) is 5.23. The fourth-order valence-corrected chi connectivity index (χ4v) is 3.43. The average Bonchev–Trinajstić information content (AvgIpc) is 2.91. The number of carboxylic acids is 1. The highest BCUT2D eigenvalue weighted by Gasteiger charge is 2.30. The SMILES string of the molecule is CCc1ccc(N=C2SC(=Cc3ccc(C(=O)O)cc3)C(=O)N2C)cc1. The zero-order valence-corrected chi connectivity index (χ0v) is 15.3. The first-order chi connectivity index (χ1) is 12.5. The lowest BCUT2D eigenvalue weighted by molar-refractivity contribution is -0.121. The molecule has 2 aromatic carbocycles. The third kappa shape index (κ3) is 3.86. The van der Waals surface area contributed by atoms with Crippen LogP contribution in [0.15, 0.2) is 58.4 Å². The molecule has 26 heavy (non-hydrogen) atoms. The van der Waals surface area contributed by atoms with Gasteiger partial charge in [0, 0.05) is 7.05 Å². The minimum atomic E-state index is -0.973. The summed E-state index contributed by atoms with van der Waals surface area (Å²) in [5.74, 6) is -1.10. The number of nitrogens with zero attached hydrogens (tertiary/aromatic N) is 2. The number of rotatable bonds is 4. The summed E-state index contributed by atoms with van der Waals surface area (Å²) >= 11 is 1.31. The van der Waals surface area contributed by atoms with E-state index in [1.54, 1.807) is 25.3 Å². The highest BCUT2D eigenvalue weighted by Crippen LogP contribution is 2.33.